The monoisotopic (exact) mass is 256 g/mol. The molecule has 94 valence electrons. The summed E-state index contributed by atoms with van der Waals surface area (Å²) in [5.41, 5.74) is -0.00110. The van der Waals surface area contributed by atoms with Gasteiger partial charge in [0.15, 0.2) is 5.69 Å². The summed E-state index contributed by atoms with van der Waals surface area (Å²) in [6.07, 6.45) is 1.46. The van der Waals surface area contributed by atoms with E-state index in [0.717, 1.165) is 16.8 Å². The van der Waals surface area contributed by atoms with Crippen molar-refractivity contribution in [2.75, 3.05) is 0 Å². The first-order valence-electron chi connectivity index (χ1n) is 5.27. The molecule has 7 nitrogen and oxygen atoms in total. The predicted octanol–water partition coefficient (Wildman–Crippen LogP) is 0.256. The predicted molar refractivity (Wildman–Crippen MR) is 63.5 cm³/mol. The Morgan fingerprint density at radius 1 is 1.42 bits per heavy atom. The van der Waals surface area contributed by atoms with Crippen molar-refractivity contribution in [1.29, 1.82) is 5.26 Å². The molecule has 2 heterocycles. The van der Waals surface area contributed by atoms with Gasteiger partial charge in [0, 0.05) is 17.8 Å². The van der Waals surface area contributed by atoms with Gasteiger partial charge < -0.3 is 5.11 Å². The Bertz CT molecular complexity index is 730. The second-order valence-electron chi connectivity index (χ2n) is 3.64. The molecule has 0 aromatic carbocycles. The van der Waals surface area contributed by atoms with Crippen molar-refractivity contribution in [2.24, 2.45) is 0 Å². The third-order valence-electron chi connectivity index (χ3n) is 2.40. The van der Waals surface area contributed by atoms with Crippen LogP contribution in [0.15, 0.2) is 35.3 Å². The topological polar surface area (TPSA) is 109 Å². The fourth-order valence-corrected chi connectivity index (χ4v) is 1.50. The zero-order valence-electron chi connectivity index (χ0n) is 9.65. The smallest absolute Gasteiger partial charge is 0.356 e. The lowest BCUT2D eigenvalue weighted by Gasteiger charge is -2.06. The molecule has 2 aromatic rings. The second-order valence-corrected chi connectivity index (χ2v) is 3.64. The van der Waals surface area contributed by atoms with E-state index in [2.05, 4.69) is 10.1 Å². The van der Waals surface area contributed by atoms with Crippen LogP contribution in [-0.4, -0.2) is 25.8 Å². The molecule has 0 spiro atoms. The number of aromatic nitrogens is 3. The van der Waals surface area contributed by atoms with Gasteiger partial charge in [-0.1, -0.05) is 6.07 Å². The minimum absolute atomic E-state index is 0.00329. The molecule has 0 unspecified atom stereocenters. The van der Waals surface area contributed by atoms with E-state index >= 15 is 0 Å². The molecule has 19 heavy (non-hydrogen) atoms. The second kappa shape index (κ2) is 5.10. The van der Waals surface area contributed by atoms with E-state index < -0.39 is 11.5 Å². The maximum Gasteiger partial charge on any atom is 0.356 e. The Balaban J connectivity index is 2.44. The molecule has 0 atom stereocenters. The molecular formula is C12H8N4O3. The minimum atomic E-state index is -1.22. The summed E-state index contributed by atoms with van der Waals surface area (Å²) in [6.45, 7) is -0.00329. The van der Waals surface area contributed by atoms with Crippen LogP contribution in [0, 0.1) is 11.3 Å². The summed E-state index contributed by atoms with van der Waals surface area (Å²) in [5.74, 6) is -1.22. The van der Waals surface area contributed by atoms with Crippen molar-refractivity contribution in [3.05, 3.63) is 57.8 Å². The summed E-state index contributed by atoms with van der Waals surface area (Å²) in [6, 6.07) is 7.42. The molecular weight excluding hydrogens is 248 g/mol. The average Bonchev–Trinajstić information content (AvgIpc) is 2.41. The summed E-state index contributed by atoms with van der Waals surface area (Å²) in [4.78, 5) is 26.3. The lowest BCUT2D eigenvalue weighted by atomic mass is 10.2. The van der Waals surface area contributed by atoms with Gasteiger partial charge in [0.25, 0.3) is 5.56 Å². The van der Waals surface area contributed by atoms with E-state index in [1.54, 1.807) is 12.1 Å². The lowest BCUT2D eigenvalue weighted by molar-refractivity contribution is 0.0687. The number of nitrogens with zero attached hydrogens (tertiary/aromatic N) is 4. The maximum atomic E-state index is 11.6. The van der Waals surface area contributed by atoms with Gasteiger partial charge in [-0.25, -0.2) is 14.5 Å². The highest BCUT2D eigenvalue weighted by atomic mass is 16.4. The Kier molecular flexibility index (Phi) is 3.34. The number of aromatic carboxylic acids is 1. The number of pyridine rings is 1. The Hall–Kier alpha value is -3.01. The number of carbonyl (C=O) groups is 1. The third-order valence-corrected chi connectivity index (χ3v) is 2.40. The number of carboxylic acids is 1. The van der Waals surface area contributed by atoms with Gasteiger partial charge in [0.2, 0.25) is 0 Å². The van der Waals surface area contributed by atoms with Crippen molar-refractivity contribution in [2.45, 2.75) is 6.54 Å². The van der Waals surface area contributed by atoms with E-state index in [1.807, 2.05) is 6.07 Å². The molecule has 0 amide bonds. The van der Waals surface area contributed by atoms with Crippen LogP contribution >= 0.6 is 0 Å². The quantitative estimate of drug-likeness (QED) is 0.843. The molecule has 2 rings (SSSR count). The minimum Gasteiger partial charge on any atom is -0.476 e. The number of hydrogen-bond donors (Lipinski definition) is 1. The molecule has 0 radical (unpaired) electrons. The van der Waals surface area contributed by atoms with Crippen LogP contribution in [0.5, 0.6) is 0 Å². The lowest BCUT2D eigenvalue weighted by Crippen LogP contribution is -2.25. The summed E-state index contributed by atoms with van der Waals surface area (Å²) >= 11 is 0. The van der Waals surface area contributed by atoms with Gasteiger partial charge in [0.05, 0.1) is 6.54 Å². The third kappa shape index (κ3) is 2.63. The fraction of sp³-hybridized carbons (Fsp3) is 0.0833. The zero-order chi connectivity index (χ0) is 13.8. The Morgan fingerprint density at radius 2 is 2.21 bits per heavy atom. The molecule has 7 heteroatoms. The van der Waals surface area contributed by atoms with Crippen LogP contribution in [-0.2, 0) is 6.54 Å². The maximum absolute atomic E-state index is 11.6. The van der Waals surface area contributed by atoms with Crippen molar-refractivity contribution in [3.8, 4) is 6.07 Å². The van der Waals surface area contributed by atoms with E-state index in [0.29, 0.717) is 5.56 Å². The van der Waals surface area contributed by atoms with Crippen LogP contribution < -0.4 is 5.56 Å². The van der Waals surface area contributed by atoms with Crippen molar-refractivity contribution in [3.63, 3.8) is 0 Å². The molecule has 0 saturated carbocycles. The first-order chi connectivity index (χ1) is 9.11. The van der Waals surface area contributed by atoms with Gasteiger partial charge in [-0.15, -0.1) is 0 Å². The summed E-state index contributed by atoms with van der Waals surface area (Å²) in [7, 11) is 0. The summed E-state index contributed by atoms with van der Waals surface area (Å²) < 4.78 is 0.987. The Labute approximate surface area is 107 Å². The molecule has 0 saturated heterocycles. The van der Waals surface area contributed by atoms with Gasteiger partial charge in [0.1, 0.15) is 11.8 Å². The van der Waals surface area contributed by atoms with Crippen LogP contribution in [0.2, 0.25) is 0 Å². The largest absolute Gasteiger partial charge is 0.476 e. The molecule has 0 aliphatic rings. The van der Waals surface area contributed by atoms with E-state index in [-0.39, 0.29) is 17.9 Å². The van der Waals surface area contributed by atoms with Gasteiger partial charge >= 0.3 is 5.97 Å². The van der Waals surface area contributed by atoms with Crippen molar-refractivity contribution in [1.82, 2.24) is 14.8 Å². The van der Waals surface area contributed by atoms with Crippen molar-refractivity contribution < 1.29 is 9.90 Å². The highest BCUT2D eigenvalue weighted by molar-refractivity contribution is 5.84. The SMILES string of the molecule is N#Cc1ncccc1Cn1nc(C(=O)O)ccc1=O. The Morgan fingerprint density at radius 3 is 2.89 bits per heavy atom. The highest BCUT2D eigenvalue weighted by Crippen LogP contribution is 2.05. The van der Waals surface area contributed by atoms with Crippen LogP contribution in [0.3, 0.4) is 0 Å². The van der Waals surface area contributed by atoms with E-state index in [4.69, 9.17) is 10.4 Å². The average molecular weight is 256 g/mol. The number of hydrogen-bond acceptors (Lipinski definition) is 5. The molecule has 2 aromatic heterocycles. The normalized spacial score (nSPS) is 9.84. The van der Waals surface area contributed by atoms with Gasteiger partial charge in [-0.2, -0.15) is 10.4 Å². The van der Waals surface area contributed by atoms with Crippen LogP contribution in [0.25, 0.3) is 0 Å². The zero-order valence-corrected chi connectivity index (χ0v) is 9.65. The van der Waals surface area contributed by atoms with E-state index in [1.165, 1.54) is 6.20 Å². The van der Waals surface area contributed by atoms with E-state index in [9.17, 15) is 9.59 Å². The molecule has 0 aliphatic carbocycles. The number of rotatable bonds is 3. The first kappa shape index (κ1) is 12.4. The molecule has 0 aliphatic heterocycles. The standard InChI is InChI=1S/C12H8N4O3/c13-6-10-8(2-1-5-14-10)7-16-11(17)4-3-9(15-16)12(18)19/h1-5H,7H2,(H,18,19). The molecule has 1 N–H and O–H groups in total. The first-order valence-corrected chi connectivity index (χ1v) is 5.27. The van der Waals surface area contributed by atoms with Gasteiger partial charge in [-0.3, -0.25) is 4.79 Å². The fourth-order valence-electron chi connectivity index (χ4n) is 1.50. The molecule has 0 bridgehead atoms. The number of carboxylic acid groups (broad SMARTS) is 1. The number of nitriles is 1. The van der Waals surface area contributed by atoms with Gasteiger partial charge in [-0.05, 0) is 12.1 Å². The summed E-state index contributed by atoms with van der Waals surface area (Å²) in [5, 5.41) is 21.4. The van der Waals surface area contributed by atoms with Crippen LogP contribution in [0.4, 0.5) is 0 Å². The highest BCUT2D eigenvalue weighted by Gasteiger charge is 2.09. The van der Waals surface area contributed by atoms with Crippen molar-refractivity contribution >= 4 is 5.97 Å². The molecule has 0 fully saturated rings. The van der Waals surface area contributed by atoms with Crippen LogP contribution in [0.1, 0.15) is 21.7 Å².